The molecule has 0 unspecified atom stereocenters. The molecule has 4 heteroatoms. The van der Waals surface area contributed by atoms with Gasteiger partial charge in [0.2, 0.25) is 0 Å². The highest BCUT2D eigenvalue weighted by Crippen LogP contribution is 2.26. The van der Waals surface area contributed by atoms with Gasteiger partial charge in [-0.05, 0) is 59.9 Å². The van der Waals surface area contributed by atoms with Crippen molar-refractivity contribution in [2.24, 2.45) is 0 Å². The monoisotopic (exact) mass is 415 g/mol. The summed E-state index contributed by atoms with van der Waals surface area (Å²) in [4.78, 5) is 13.4. The van der Waals surface area contributed by atoms with E-state index < -0.39 is 0 Å². The highest BCUT2D eigenvalue weighted by Gasteiger charge is 2.18. The molecule has 0 saturated heterocycles. The Bertz CT molecular complexity index is 1040. The number of aryl methyl sites for hydroxylation is 1. The minimum atomic E-state index is -0.109. The van der Waals surface area contributed by atoms with E-state index in [2.05, 4.69) is 18.3 Å². The maximum Gasteiger partial charge on any atom is 0.252 e. The quantitative estimate of drug-likeness (QED) is 0.372. The summed E-state index contributed by atoms with van der Waals surface area (Å²) >= 11 is 0. The molecule has 1 N–H and O–H groups in total. The number of amides is 1. The fraction of sp³-hybridized carbons (Fsp3) is 0.222. The van der Waals surface area contributed by atoms with Crippen LogP contribution in [0.25, 0.3) is 11.6 Å². The molecule has 0 aromatic heterocycles. The number of nitrogens with one attached hydrogen (secondary N) is 1. The molecule has 0 aliphatic heterocycles. The van der Waals surface area contributed by atoms with Gasteiger partial charge in [0.1, 0.15) is 11.5 Å². The first-order valence-electron chi connectivity index (χ1n) is 10.4. The average Bonchev–Trinajstić information content (AvgIpc) is 2.81. The molecule has 0 radical (unpaired) electrons. The van der Waals surface area contributed by atoms with Crippen LogP contribution in [0.4, 0.5) is 0 Å². The van der Waals surface area contributed by atoms with Crippen molar-refractivity contribution in [3.05, 3.63) is 95.1 Å². The summed E-state index contributed by atoms with van der Waals surface area (Å²) in [5, 5.41) is 3.22. The van der Waals surface area contributed by atoms with Gasteiger partial charge in [-0.3, -0.25) is 4.79 Å². The van der Waals surface area contributed by atoms with Gasteiger partial charge < -0.3 is 14.8 Å². The number of methoxy groups -OCH3 is 2. The molecule has 1 atom stereocenters. The summed E-state index contributed by atoms with van der Waals surface area (Å²) in [6.45, 7) is 4.08. The Labute approximate surface area is 184 Å². The number of rotatable bonds is 8. The van der Waals surface area contributed by atoms with Gasteiger partial charge in [0, 0.05) is 5.57 Å². The highest BCUT2D eigenvalue weighted by atomic mass is 16.5. The minimum absolute atomic E-state index is 0.0971. The molecular formula is C27H29NO3. The maximum atomic E-state index is 13.4. The second kappa shape index (κ2) is 10.5. The van der Waals surface area contributed by atoms with E-state index in [4.69, 9.17) is 9.47 Å². The molecule has 0 bridgehead atoms. The van der Waals surface area contributed by atoms with Gasteiger partial charge >= 0.3 is 0 Å². The van der Waals surface area contributed by atoms with Crippen LogP contribution in [-0.4, -0.2) is 20.1 Å². The molecule has 0 heterocycles. The molecule has 4 nitrogen and oxygen atoms in total. The van der Waals surface area contributed by atoms with Gasteiger partial charge in [0.25, 0.3) is 5.91 Å². The number of hydrogen-bond acceptors (Lipinski definition) is 3. The smallest absolute Gasteiger partial charge is 0.252 e. The second-order valence-corrected chi connectivity index (χ2v) is 7.36. The molecule has 0 saturated carbocycles. The lowest BCUT2D eigenvalue weighted by atomic mass is 9.98. The summed E-state index contributed by atoms with van der Waals surface area (Å²) in [7, 11) is 3.30. The minimum Gasteiger partial charge on any atom is -0.497 e. The largest absolute Gasteiger partial charge is 0.497 e. The van der Waals surface area contributed by atoms with Gasteiger partial charge in [-0.1, -0.05) is 61.5 Å². The van der Waals surface area contributed by atoms with Crippen molar-refractivity contribution in [2.75, 3.05) is 14.2 Å². The van der Waals surface area contributed by atoms with Crippen LogP contribution >= 0.6 is 0 Å². The third-order valence-electron chi connectivity index (χ3n) is 5.29. The van der Waals surface area contributed by atoms with Crippen molar-refractivity contribution in [1.29, 1.82) is 0 Å². The van der Waals surface area contributed by atoms with Crippen molar-refractivity contribution < 1.29 is 14.3 Å². The molecule has 160 valence electrons. The van der Waals surface area contributed by atoms with E-state index in [1.54, 1.807) is 14.2 Å². The van der Waals surface area contributed by atoms with E-state index >= 15 is 0 Å². The molecule has 0 aliphatic carbocycles. The summed E-state index contributed by atoms with van der Waals surface area (Å²) in [5.74, 6) is 1.51. The van der Waals surface area contributed by atoms with E-state index in [1.807, 2.05) is 79.7 Å². The Morgan fingerprint density at radius 3 is 2.26 bits per heavy atom. The third-order valence-corrected chi connectivity index (χ3v) is 5.29. The fourth-order valence-electron chi connectivity index (χ4n) is 3.54. The maximum absolute atomic E-state index is 13.4. The Morgan fingerprint density at radius 1 is 0.968 bits per heavy atom. The lowest BCUT2D eigenvalue weighted by Gasteiger charge is -2.20. The zero-order chi connectivity index (χ0) is 22.2. The Hall–Kier alpha value is -3.53. The summed E-state index contributed by atoms with van der Waals surface area (Å²) < 4.78 is 10.6. The first-order valence-corrected chi connectivity index (χ1v) is 10.4. The first-order chi connectivity index (χ1) is 15.0. The molecule has 1 amide bonds. The summed E-state index contributed by atoms with van der Waals surface area (Å²) in [5.41, 5.74) is 4.53. The van der Waals surface area contributed by atoms with Crippen LogP contribution in [0.3, 0.4) is 0 Å². The molecule has 3 aromatic carbocycles. The lowest BCUT2D eigenvalue weighted by molar-refractivity contribution is -0.116. The Morgan fingerprint density at radius 2 is 1.68 bits per heavy atom. The fourth-order valence-corrected chi connectivity index (χ4v) is 3.54. The second-order valence-electron chi connectivity index (χ2n) is 7.36. The summed E-state index contributed by atoms with van der Waals surface area (Å²) in [6.07, 6.45) is 2.69. The van der Waals surface area contributed by atoms with E-state index in [-0.39, 0.29) is 11.9 Å². The van der Waals surface area contributed by atoms with Crippen LogP contribution in [0.5, 0.6) is 11.5 Å². The van der Waals surface area contributed by atoms with Crippen LogP contribution in [-0.2, 0) is 4.79 Å². The number of hydrogen-bond donors (Lipinski definition) is 1. The van der Waals surface area contributed by atoms with Crippen LogP contribution < -0.4 is 14.8 Å². The molecule has 31 heavy (non-hydrogen) atoms. The van der Waals surface area contributed by atoms with Crippen molar-refractivity contribution >= 4 is 17.6 Å². The number of benzene rings is 3. The van der Waals surface area contributed by atoms with Crippen LogP contribution in [0.2, 0.25) is 0 Å². The predicted octanol–water partition coefficient (Wildman–Crippen LogP) is 5.82. The molecular weight excluding hydrogens is 386 g/mol. The van der Waals surface area contributed by atoms with Gasteiger partial charge in [-0.25, -0.2) is 0 Å². The predicted molar refractivity (Wildman–Crippen MR) is 126 cm³/mol. The van der Waals surface area contributed by atoms with Gasteiger partial charge in [0.15, 0.2) is 0 Å². The van der Waals surface area contributed by atoms with E-state index in [0.29, 0.717) is 5.57 Å². The molecule has 0 spiro atoms. The molecule has 0 aliphatic rings. The van der Waals surface area contributed by atoms with Crippen LogP contribution in [0.1, 0.15) is 41.6 Å². The van der Waals surface area contributed by atoms with E-state index in [0.717, 1.165) is 40.2 Å². The summed E-state index contributed by atoms with van der Waals surface area (Å²) in [6, 6.07) is 23.3. The molecule has 3 aromatic rings. The SMILES string of the molecule is CC[C@H](NC(=O)/C(=C/c1ccc(OC)cc1)c1ccccc1)c1ccc(OC)c(C)c1. The topological polar surface area (TPSA) is 47.6 Å². The standard InChI is InChI=1S/C27H29NO3/c1-5-25(22-13-16-26(31-4)19(2)17-22)28-27(29)24(21-9-7-6-8-10-21)18-20-11-14-23(30-3)15-12-20/h6-18,25H,5H2,1-4H3,(H,28,29)/b24-18+/t25-/m0/s1. The van der Waals surface area contributed by atoms with Crippen molar-refractivity contribution in [2.45, 2.75) is 26.3 Å². The first kappa shape index (κ1) is 22.2. The lowest BCUT2D eigenvalue weighted by Crippen LogP contribution is -2.29. The van der Waals surface area contributed by atoms with Crippen molar-refractivity contribution in [1.82, 2.24) is 5.32 Å². The zero-order valence-corrected chi connectivity index (χ0v) is 18.5. The Balaban J connectivity index is 1.92. The highest BCUT2D eigenvalue weighted by molar-refractivity contribution is 6.24. The van der Waals surface area contributed by atoms with Crippen LogP contribution in [0, 0.1) is 6.92 Å². The molecule has 3 rings (SSSR count). The average molecular weight is 416 g/mol. The van der Waals surface area contributed by atoms with Crippen molar-refractivity contribution in [3.8, 4) is 11.5 Å². The van der Waals surface area contributed by atoms with Gasteiger partial charge in [0.05, 0.1) is 20.3 Å². The zero-order valence-electron chi connectivity index (χ0n) is 18.5. The Kier molecular flexibility index (Phi) is 7.50. The van der Waals surface area contributed by atoms with Gasteiger partial charge in [-0.15, -0.1) is 0 Å². The normalized spacial score (nSPS) is 12.2. The van der Waals surface area contributed by atoms with E-state index in [9.17, 15) is 4.79 Å². The van der Waals surface area contributed by atoms with Gasteiger partial charge in [-0.2, -0.15) is 0 Å². The third kappa shape index (κ3) is 5.54. The van der Waals surface area contributed by atoms with Crippen LogP contribution in [0.15, 0.2) is 72.8 Å². The number of carbonyl (C=O) groups excluding carboxylic acids is 1. The number of carbonyl (C=O) groups is 1. The molecule has 0 fully saturated rings. The van der Waals surface area contributed by atoms with Crippen molar-refractivity contribution in [3.63, 3.8) is 0 Å². The van der Waals surface area contributed by atoms with E-state index in [1.165, 1.54) is 0 Å². The number of ether oxygens (including phenoxy) is 2.